The molecule has 0 N–H and O–H groups in total. The number of nitrogens with zero attached hydrogens (tertiary/aromatic N) is 1. The molecule has 0 spiro atoms. The van der Waals surface area contributed by atoms with E-state index in [1.165, 1.54) is 25.9 Å². The molecular weight excluding hydrogens is 170 g/mol. The third-order valence-corrected chi connectivity index (χ3v) is 3.20. The van der Waals surface area contributed by atoms with Gasteiger partial charge in [-0.3, -0.25) is 0 Å². The molecule has 0 aromatic carbocycles. The molecule has 0 aliphatic carbocycles. The van der Waals surface area contributed by atoms with Crippen molar-refractivity contribution in [3.8, 4) is 0 Å². The summed E-state index contributed by atoms with van der Waals surface area (Å²) in [5.41, 5.74) is 0.981. The molecular formula is C13H27N. The summed E-state index contributed by atoms with van der Waals surface area (Å²) in [5, 5.41) is 0. The van der Waals surface area contributed by atoms with Crippen LogP contribution in [-0.2, 0) is 0 Å². The van der Waals surface area contributed by atoms with E-state index in [1.54, 1.807) is 0 Å². The Morgan fingerprint density at radius 3 is 1.64 bits per heavy atom. The van der Waals surface area contributed by atoms with Crippen molar-refractivity contribution >= 4 is 0 Å². The fourth-order valence-corrected chi connectivity index (χ4v) is 3.61. The molecule has 0 atom stereocenters. The van der Waals surface area contributed by atoms with Gasteiger partial charge in [0.05, 0.1) is 0 Å². The Kier molecular flexibility index (Phi) is 3.30. The fraction of sp³-hybridized carbons (Fsp3) is 1.00. The first-order chi connectivity index (χ1) is 6.20. The van der Waals surface area contributed by atoms with E-state index >= 15 is 0 Å². The van der Waals surface area contributed by atoms with Crippen molar-refractivity contribution < 1.29 is 0 Å². The molecule has 1 fully saturated rings. The second-order valence-electron chi connectivity index (χ2n) is 7.01. The largest absolute Gasteiger partial charge is 0.305 e. The summed E-state index contributed by atoms with van der Waals surface area (Å²) >= 11 is 0. The van der Waals surface area contributed by atoms with E-state index < -0.39 is 0 Å². The maximum atomic E-state index is 2.51. The van der Waals surface area contributed by atoms with Crippen LogP contribution >= 0.6 is 0 Å². The highest BCUT2D eigenvalue weighted by Gasteiger charge is 2.32. The summed E-state index contributed by atoms with van der Waals surface area (Å²) in [6.45, 7) is 14.5. The molecule has 84 valence electrons. The van der Waals surface area contributed by atoms with Crippen molar-refractivity contribution in [2.75, 3.05) is 20.1 Å². The molecule has 0 saturated carbocycles. The lowest BCUT2D eigenvalue weighted by Gasteiger charge is -2.42. The molecule has 0 radical (unpaired) electrons. The molecule has 1 heteroatoms. The Morgan fingerprint density at radius 2 is 1.29 bits per heavy atom. The van der Waals surface area contributed by atoms with Gasteiger partial charge in [0, 0.05) is 13.1 Å². The highest BCUT2D eigenvalue weighted by atomic mass is 15.1. The van der Waals surface area contributed by atoms with Gasteiger partial charge in [-0.15, -0.1) is 0 Å². The molecule has 0 bridgehead atoms. The summed E-state index contributed by atoms with van der Waals surface area (Å²) in [6.07, 6.45) is 2.72. The summed E-state index contributed by atoms with van der Waals surface area (Å²) in [4.78, 5) is 2.51. The monoisotopic (exact) mass is 197 g/mol. The first-order valence-corrected chi connectivity index (χ1v) is 5.89. The van der Waals surface area contributed by atoms with Gasteiger partial charge >= 0.3 is 0 Å². The normalized spacial score (nSPS) is 29.6. The Labute approximate surface area is 89.9 Å². The summed E-state index contributed by atoms with van der Waals surface area (Å²) < 4.78 is 0. The van der Waals surface area contributed by atoms with Crippen molar-refractivity contribution in [2.24, 2.45) is 16.7 Å². The van der Waals surface area contributed by atoms with Crippen LogP contribution in [0.1, 0.15) is 47.5 Å². The zero-order valence-electron chi connectivity index (χ0n) is 10.9. The van der Waals surface area contributed by atoms with Crippen LogP contribution in [0.3, 0.4) is 0 Å². The molecule has 1 rings (SSSR count). The Balaban J connectivity index is 2.71. The molecule has 1 aliphatic heterocycles. The van der Waals surface area contributed by atoms with E-state index in [-0.39, 0.29) is 0 Å². The lowest BCUT2D eigenvalue weighted by atomic mass is 9.73. The number of hydrogen-bond donors (Lipinski definition) is 0. The van der Waals surface area contributed by atoms with Crippen LogP contribution in [0.4, 0.5) is 0 Å². The van der Waals surface area contributed by atoms with Crippen molar-refractivity contribution in [3.05, 3.63) is 0 Å². The highest BCUT2D eigenvalue weighted by molar-refractivity contribution is 4.84. The number of likely N-dealkylation sites (tertiary alicyclic amines) is 1. The lowest BCUT2D eigenvalue weighted by Crippen LogP contribution is -2.42. The van der Waals surface area contributed by atoms with Crippen LogP contribution in [0, 0.1) is 16.7 Å². The van der Waals surface area contributed by atoms with E-state index in [1.807, 2.05) is 0 Å². The topological polar surface area (TPSA) is 3.24 Å². The zero-order chi connectivity index (χ0) is 11.0. The predicted molar refractivity (Wildman–Crippen MR) is 63.5 cm³/mol. The minimum absolute atomic E-state index is 0.491. The van der Waals surface area contributed by atoms with E-state index in [0.717, 1.165) is 5.92 Å². The lowest BCUT2D eigenvalue weighted by molar-refractivity contribution is 0.0804. The molecule has 0 amide bonds. The molecule has 0 aromatic heterocycles. The van der Waals surface area contributed by atoms with Gasteiger partial charge in [0.2, 0.25) is 0 Å². The van der Waals surface area contributed by atoms with Crippen molar-refractivity contribution in [1.29, 1.82) is 0 Å². The Hall–Kier alpha value is -0.0400. The fourth-order valence-electron chi connectivity index (χ4n) is 3.61. The average molecular weight is 197 g/mol. The van der Waals surface area contributed by atoms with E-state index in [0.29, 0.717) is 10.8 Å². The first kappa shape index (κ1) is 12.0. The summed E-state index contributed by atoms with van der Waals surface area (Å²) in [5.74, 6) is 0.869. The zero-order valence-corrected chi connectivity index (χ0v) is 10.9. The molecule has 14 heavy (non-hydrogen) atoms. The van der Waals surface area contributed by atoms with Crippen LogP contribution in [0.25, 0.3) is 0 Å². The molecule has 1 saturated heterocycles. The molecule has 0 unspecified atom stereocenters. The smallest absolute Gasteiger partial charge is 0.00300 e. The molecule has 1 nitrogen and oxygen atoms in total. The van der Waals surface area contributed by atoms with Gasteiger partial charge in [0.25, 0.3) is 0 Å². The maximum absolute atomic E-state index is 2.51. The van der Waals surface area contributed by atoms with Gasteiger partial charge in [-0.25, -0.2) is 0 Å². The van der Waals surface area contributed by atoms with Crippen molar-refractivity contribution in [2.45, 2.75) is 47.5 Å². The van der Waals surface area contributed by atoms with E-state index in [9.17, 15) is 0 Å². The maximum Gasteiger partial charge on any atom is 0.00300 e. The highest BCUT2D eigenvalue weighted by Crippen LogP contribution is 2.37. The van der Waals surface area contributed by atoms with Gasteiger partial charge in [-0.2, -0.15) is 0 Å². The minimum Gasteiger partial charge on any atom is -0.305 e. The van der Waals surface area contributed by atoms with E-state index in [2.05, 4.69) is 46.6 Å². The number of hydrogen-bond acceptors (Lipinski definition) is 1. The summed E-state index contributed by atoms with van der Waals surface area (Å²) in [6, 6.07) is 0. The van der Waals surface area contributed by atoms with Gasteiger partial charge < -0.3 is 4.90 Å². The van der Waals surface area contributed by atoms with Crippen LogP contribution in [0.15, 0.2) is 0 Å². The van der Waals surface area contributed by atoms with Crippen molar-refractivity contribution in [1.82, 2.24) is 4.90 Å². The SMILES string of the molecule is CC1CC(C)(C)CN(C)CC(C)(C)C1. The quantitative estimate of drug-likeness (QED) is 0.575. The minimum atomic E-state index is 0.491. The molecule has 0 aromatic rings. The van der Waals surface area contributed by atoms with Crippen LogP contribution in [0.5, 0.6) is 0 Å². The molecule has 1 heterocycles. The Morgan fingerprint density at radius 1 is 0.929 bits per heavy atom. The van der Waals surface area contributed by atoms with Crippen LogP contribution in [0.2, 0.25) is 0 Å². The van der Waals surface area contributed by atoms with Crippen molar-refractivity contribution in [3.63, 3.8) is 0 Å². The van der Waals surface area contributed by atoms with Gasteiger partial charge in [-0.05, 0) is 36.6 Å². The first-order valence-electron chi connectivity index (χ1n) is 5.89. The van der Waals surface area contributed by atoms with Gasteiger partial charge in [0.15, 0.2) is 0 Å². The second kappa shape index (κ2) is 3.84. The summed E-state index contributed by atoms with van der Waals surface area (Å²) in [7, 11) is 2.26. The average Bonchev–Trinajstić information content (AvgIpc) is 1.74. The van der Waals surface area contributed by atoms with Gasteiger partial charge in [-0.1, -0.05) is 34.6 Å². The Bertz CT molecular complexity index is 155. The standard InChI is InChI=1S/C13H27N/c1-11-7-12(2,3)9-14(6)10-13(4,5)8-11/h11H,7-10H2,1-6H3. The van der Waals surface area contributed by atoms with Crippen LogP contribution in [-0.4, -0.2) is 25.0 Å². The van der Waals surface area contributed by atoms with E-state index in [4.69, 9.17) is 0 Å². The predicted octanol–water partition coefficient (Wildman–Crippen LogP) is 3.40. The number of rotatable bonds is 0. The third kappa shape index (κ3) is 3.61. The second-order valence-corrected chi connectivity index (χ2v) is 7.01. The molecule has 1 aliphatic rings. The van der Waals surface area contributed by atoms with Crippen LogP contribution < -0.4 is 0 Å². The van der Waals surface area contributed by atoms with Gasteiger partial charge in [0.1, 0.15) is 0 Å². The third-order valence-electron chi connectivity index (χ3n) is 3.20.